The molecule has 2 aromatic rings. The molecule has 1 saturated heterocycles. The number of nitrogens with zero attached hydrogens (tertiary/aromatic N) is 2. The third kappa shape index (κ3) is 4.56. The Bertz CT molecular complexity index is 918. The number of nitrogens with one attached hydrogen (secondary N) is 2. The van der Waals surface area contributed by atoms with E-state index >= 15 is 0 Å². The lowest BCUT2D eigenvalue weighted by molar-refractivity contribution is -0.917. The van der Waals surface area contributed by atoms with E-state index in [0.29, 0.717) is 30.4 Å². The van der Waals surface area contributed by atoms with Gasteiger partial charge in [-0.3, -0.25) is 14.9 Å². The summed E-state index contributed by atoms with van der Waals surface area (Å²) >= 11 is 0. The van der Waals surface area contributed by atoms with Crippen molar-refractivity contribution >= 4 is 17.3 Å². The molecule has 2 fully saturated rings. The van der Waals surface area contributed by atoms with Crippen molar-refractivity contribution in [2.24, 2.45) is 0 Å². The zero-order valence-electron chi connectivity index (χ0n) is 16.7. The molecule has 7 heteroatoms. The molecule has 0 bridgehead atoms. The van der Waals surface area contributed by atoms with E-state index in [2.05, 4.69) is 36.5 Å². The van der Waals surface area contributed by atoms with Gasteiger partial charge in [-0.2, -0.15) is 0 Å². The summed E-state index contributed by atoms with van der Waals surface area (Å²) in [5.41, 5.74) is 3.51. The van der Waals surface area contributed by atoms with E-state index in [9.17, 15) is 14.9 Å². The standard InChI is InChI=1S/C22H26N4O3/c1-16-4-2-3-5-18(16)15-24-10-12-25(13-11-24)22(27)17-6-9-20(23-19-7-8-19)21(14-17)26(28)29/h2-6,9,14,19,23H,7-8,10-13,15H2,1H3/p+1. The zero-order chi connectivity index (χ0) is 20.4. The minimum Gasteiger partial charge on any atom is -0.377 e. The van der Waals surface area contributed by atoms with Crippen molar-refractivity contribution in [2.75, 3.05) is 31.5 Å². The van der Waals surface area contributed by atoms with Gasteiger partial charge < -0.3 is 15.1 Å². The Labute approximate surface area is 170 Å². The molecule has 152 valence electrons. The highest BCUT2D eigenvalue weighted by atomic mass is 16.6. The molecule has 1 amide bonds. The van der Waals surface area contributed by atoms with Crippen molar-refractivity contribution in [1.82, 2.24) is 4.90 Å². The highest BCUT2D eigenvalue weighted by molar-refractivity contribution is 5.95. The second-order valence-electron chi connectivity index (χ2n) is 8.05. The molecule has 0 spiro atoms. The van der Waals surface area contributed by atoms with Crippen LogP contribution in [0.5, 0.6) is 0 Å². The molecule has 4 rings (SSSR count). The predicted octanol–water partition coefficient (Wildman–Crippen LogP) is 2.02. The number of nitro benzene ring substituents is 1. The zero-order valence-corrected chi connectivity index (χ0v) is 16.7. The van der Waals surface area contributed by atoms with Gasteiger partial charge >= 0.3 is 0 Å². The summed E-state index contributed by atoms with van der Waals surface area (Å²) in [4.78, 5) is 27.2. The molecule has 1 aliphatic carbocycles. The van der Waals surface area contributed by atoms with Gasteiger partial charge in [0.15, 0.2) is 0 Å². The number of anilines is 1. The Morgan fingerprint density at radius 1 is 1.21 bits per heavy atom. The number of benzene rings is 2. The maximum Gasteiger partial charge on any atom is 0.293 e. The molecule has 0 atom stereocenters. The Balaban J connectivity index is 1.39. The average molecular weight is 395 g/mol. The number of amides is 1. The number of quaternary nitrogens is 1. The van der Waals surface area contributed by atoms with Crippen molar-refractivity contribution in [2.45, 2.75) is 32.4 Å². The van der Waals surface area contributed by atoms with Gasteiger partial charge in [-0.05, 0) is 37.5 Å². The summed E-state index contributed by atoms with van der Waals surface area (Å²) in [6, 6.07) is 13.5. The first kappa shape index (κ1) is 19.4. The van der Waals surface area contributed by atoms with Crippen molar-refractivity contribution in [3.63, 3.8) is 0 Å². The van der Waals surface area contributed by atoms with Crippen LogP contribution in [0.4, 0.5) is 11.4 Å². The number of aryl methyl sites for hydroxylation is 1. The van der Waals surface area contributed by atoms with Gasteiger partial charge in [-0.1, -0.05) is 24.3 Å². The van der Waals surface area contributed by atoms with Gasteiger partial charge in [-0.15, -0.1) is 0 Å². The summed E-state index contributed by atoms with van der Waals surface area (Å²) in [7, 11) is 0. The molecule has 0 unspecified atom stereocenters. The van der Waals surface area contributed by atoms with Crippen LogP contribution in [-0.4, -0.2) is 48.0 Å². The van der Waals surface area contributed by atoms with Crippen LogP contribution >= 0.6 is 0 Å². The molecule has 0 aromatic heterocycles. The summed E-state index contributed by atoms with van der Waals surface area (Å²) in [5.74, 6) is -0.124. The molecule has 1 aliphatic heterocycles. The van der Waals surface area contributed by atoms with Crippen LogP contribution < -0.4 is 10.2 Å². The first-order valence-electron chi connectivity index (χ1n) is 10.2. The van der Waals surface area contributed by atoms with E-state index in [4.69, 9.17) is 0 Å². The smallest absolute Gasteiger partial charge is 0.293 e. The first-order valence-corrected chi connectivity index (χ1v) is 10.2. The highest BCUT2D eigenvalue weighted by Gasteiger charge is 2.28. The summed E-state index contributed by atoms with van der Waals surface area (Å²) in [6.45, 7) is 6.17. The molecule has 29 heavy (non-hydrogen) atoms. The Morgan fingerprint density at radius 3 is 2.59 bits per heavy atom. The second-order valence-corrected chi connectivity index (χ2v) is 8.05. The quantitative estimate of drug-likeness (QED) is 0.579. The minimum absolute atomic E-state index is 0.0217. The third-order valence-electron chi connectivity index (χ3n) is 5.84. The molecular weight excluding hydrogens is 368 g/mol. The lowest BCUT2D eigenvalue weighted by Crippen LogP contribution is -3.13. The van der Waals surface area contributed by atoms with Crippen molar-refractivity contribution in [3.05, 3.63) is 69.3 Å². The lowest BCUT2D eigenvalue weighted by atomic mass is 10.1. The number of rotatable bonds is 6. The van der Waals surface area contributed by atoms with Crippen molar-refractivity contribution < 1.29 is 14.6 Å². The predicted molar refractivity (Wildman–Crippen MR) is 111 cm³/mol. The number of carbonyl (C=O) groups excluding carboxylic acids is 1. The van der Waals surface area contributed by atoms with Crippen molar-refractivity contribution in [3.8, 4) is 0 Å². The van der Waals surface area contributed by atoms with Gasteiger partial charge in [0.2, 0.25) is 0 Å². The molecule has 0 radical (unpaired) electrons. The fourth-order valence-corrected chi connectivity index (χ4v) is 3.85. The molecule has 2 aliphatic rings. The van der Waals surface area contributed by atoms with Gasteiger partial charge in [0.05, 0.1) is 31.1 Å². The summed E-state index contributed by atoms with van der Waals surface area (Å²) in [5, 5.41) is 14.6. The van der Waals surface area contributed by atoms with E-state index in [1.54, 1.807) is 12.1 Å². The lowest BCUT2D eigenvalue weighted by Gasteiger charge is -2.32. The van der Waals surface area contributed by atoms with Gasteiger partial charge in [0, 0.05) is 23.2 Å². The van der Waals surface area contributed by atoms with Crippen LogP contribution in [0, 0.1) is 17.0 Å². The third-order valence-corrected chi connectivity index (χ3v) is 5.84. The summed E-state index contributed by atoms with van der Waals surface area (Å²) < 4.78 is 0. The normalized spacial score (nSPS) is 17.2. The van der Waals surface area contributed by atoms with Crippen LogP contribution in [0.25, 0.3) is 0 Å². The van der Waals surface area contributed by atoms with Crippen LogP contribution in [0.1, 0.15) is 34.3 Å². The largest absolute Gasteiger partial charge is 0.377 e. The topological polar surface area (TPSA) is 79.9 Å². The Morgan fingerprint density at radius 2 is 1.93 bits per heavy atom. The maximum absolute atomic E-state index is 12.9. The molecule has 7 nitrogen and oxygen atoms in total. The molecular formula is C22H27N4O3+. The van der Waals surface area contributed by atoms with Gasteiger partial charge in [-0.25, -0.2) is 0 Å². The fraction of sp³-hybridized carbons (Fsp3) is 0.409. The number of hydrogen-bond donors (Lipinski definition) is 2. The molecule has 1 heterocycles. The van der Waals surface area contributed by atoms with Crippen LogP contribution in [0.15, 0.2) is 42.5 Å². The molecule has 2 aromatic carbocycles. The Hall–Kier alpha value is -2.93. The van der Waals surface area contributed by atoms with E-state index in [1.807, 2.05) is 4.90 Å². The van der Waals surface area contributed by atoms with E-state index in [0.717, 1.165) is 32.5 Å². The van der Waals surface area contributed by atoms with Gasteiger partial charge in [0.1, 0.15) is 12.2 Å². The number of nitro groups is 1. The Kier molecular flexibility index (Phi) is 5.49. The van der Waals surface area contributed by atoms with Crippen LogP contribution in [-0.2, 0) is 6.54 Å². The number of hydrogen-bond acceptors (Lipinski definition) is 4. The van der Waals surface area contributed by atoms with Crippen molar-refractivity contribution in [1.29, 1.82) is 0 Å². The first-order chi connectivity index (χ1) is 14.0. The minimum atomic E-state index is -0.411. The number of carbonyl (C=O) groups is 1. The summed E-state index contributed by atoms with van der Waals surface area (Å²) in [6.07, 6.45) is 2.07. The number of piperazine rings is 1. The molecule has 1 saturated carbocycles. The molecule has 2 N–H and O–H groups in total. The van der Waals surface area contributed by atoms with Gasteiger partial charge in [0.25, 0.3) is 11.6 Å². The van der Waals surface area contributed by atoms with E-state index in [-0.39, 0.29) is 11.6 Å². The van der Waals surface area contributed by atoms with Crippen LogP contribution in [0.2, 0.25) is 0 Å². The van der Waals surface area contributed by atoms with E-state index < -0.39 is 4.92 Å². The average Bonchev–Trinajstić information content (AvgIpc) is 3.54. The maximum atomic E-state index is 12.9. The monoisotopic (exact) mass is 395 g/mol. The van der Waals surface area contributed by atoms with Crippen LogP contribution in [0.3, 0.4) is 0 Å². The fourth-order valence-electron chi connectivity index (χ4n) is 3.85. The second kappa shape index (κ2) is 8.21. The SMILES string of the molecule is Cc1ccccc1C[NH+]1CCN(C(=O)c2ccc(NC3CC3)c([N+](=O)[O-])c2)CC1. The van der Waals surface area contributed by atoms with E-state index in [1.165, 1.54) is 22.1 Å². The highest BCUT2D eigenvalue weighted by Crippen LogP contribution is 2.31.